The number of nitrogens with one attached hydrogen (secondary N) is 2. The number of fused-ring (bicyclic) bond motifs is 1. The molecule has 1 aromatic heterocycles. The molecule has 0 spiro atoms. The van der Waals surface area contributed by atoms with Crippen LogP contribution in [0, 0.1) is 26.1 Å². The smallest absolute Gasteiger partial charge is 0.277 e. The number of hydrogen-bond acceptors (Lipinski definition) is 9. The minimum atomic E-state index is -0.751. The minimum absolute atomic E-state index is 0.101. The summed E-state index contributed by atoms with van der Waals surface area (Å²) in [5, 5.41) is 29.3. The van der Waals surface area contributed by atoms with Gasteiger partial charge in [-0.05, 0) is 43.7 Å². The van der Waals surface area contributed by atoms with Crippen molar-refractivity contribution >= 4 is 40.0 Å². The number of nitro groups is 2. The van der Waals surface area contributed by atoms with E-state index in [1.54, 1.807) is 0 Å². The van der Waals surface area contributed by atoms with Crippen LogP contribution in [0.25, 0.3) is 10.9 Å². The Hall–Kier alpha value is -4.35. The number of nitro benzene ring substituents is 2. The average Bonchev–Trinajstić information content (AvgIpc) is 2.87. The highest BCUT2D eigenvalue weighted by molar-refractivity contribution is 5.95. The van der Waals surface area contributed by atoms with Crippen molar-refractivity contribution in [2.75, 3.05) is 30.9 Å². The Labute approximate surface area is 207 Å². The lowest BCUT2D eigenvalue weighted by Crippen LogP contribution is -2.34. The summed E-state index contributed by atoms with van der Waals surface area (Å²) in [6, 6.07) is 11.0. The Morgan fingerprint density at radius 2 is 1.64 bits per heavy atom. The topological polar surface area (TPSA) is 156 Å². The first-order valence-electron chi connectivity index (χ1n) is 11.6. The summed E-state index contributed by atoms with van der Waals surface area (Å²) in [5.41, 5.74) is -0.212. The number of non-ortho nitro benzene ring substituents is 2. The third-order valence-corrected chi connectivity index (χ3v) is 6.32. The van der Waals surface area contributed by atoms with Crippen molar-refractivity contribution in [3.05, 3.63) is 68.3 Å². The van der Waals surface area contributed by atoms with Crippen molar-refractivity contribution in [3.8, 4) is 0 Å². The number of carbonyl (C=O) groups is 1. The van der Waals surface area contributed by atoms with Gasteiger partial charge in [-0.2, -0.15) is 4.98 Å². The van der Waals surface area contributed by atoms with Crippen molar-refractivity contribution in [2.24, 2.45) is 5.92 Å². The molecule has 1 aliphatic carbocycles. The van der Waals surface area contributed by atoms with Gasteiger partial charge in [-0.1, -0.05) is 12.1 Å². The third kappa shape index (κ3) is 5.65. The lowest BCUT2D eigenvalue weighted by atomic mass is 9.86. The van der Waals surface area contributed by atoms with Crippen LogP contribution in [-0.4, -0.2) is 52.4 Å². The number of anilines is 2. The molecular weight excluding hydrogens is 466 g/mol. The molecule has 0 saturated heterocycles. The predicted octanol–water partition coefficient (Wildman–Crippen LogP) is 3.91. The van der Waals surface area contributed by atoms with Gasteiger partial charge in [0.2, 0.25) is 5.95 Å². The van der Waals surface area contributed by atoms with Crippen molar-refractivity contribution in [2.45, 2.75) is 31.7 Å². The number of benzene rings is 2. The largest absolute Gasteiger partial charge is 0.362 e. The molecule has 0 atom stereocenters. The Kier molecular flexibility index (Phi) is 7.23. The average molecular weight is 494 g/mol. The van der Waals surface area contributed by atoms with Gasteiger partial charge < -0.3 is 15.5 Å². The van der Waals surface area contributed by atoms with Crippen molar-refractivity contribution in [1.82, 2.24) is 15.3 Å². The number of para-hydroxylation sites is 1. The van der Waals surface area contributed by atoms with Crippen LogP contribution in [0.4, 0.5) is 23.1 Å². The fourth-order valence-corrected chi connectivity index (χ4v) is 4.43. The maximum atomic E-state index is 12.5. The van der Waals surface area contributed by atoms with E-state index in [4.69, 9.17) is 4.98 Å². The van der Waals surface area contributed by atoms with Gasteiger partial charge in [0.1, 0.15) is 5.82 Å². The van der Waals surface area contributed by atoms with Crippen molar-refractivity contribution < 1.29 is 14.6 Å². The molecule has 1 aliphatic rings. The second-order valence-electron chi connectivity index (χ2n) is 9.11. The zero-order valence-electron chi connectivity index (χ0n) is 20.0. The molecule has 0 unspecified atom stereocenters. The summed E-state index contributed by atoms with van der Waals surface area (Å²) >= 11 is 0. The van der Waals surface area contributed by atoms with Gasteiger partial charge in [-0.3, -0.25) is 25.0 Å². The zero-order valence-corrected chi connectivity index (χ0v) is 20.0. The Balaban J connectivity index is 1.34. The van der Waals surface area contributed by atoms with Crippen LogP contribution < -0.4 is 15.5 Å². The van der Waals surface area contributed by atoms with Crippen molar-refractivity contribution in [3.63, 3.8) is 0 Å². The highest BCUT2D eigenvalue weighted by Gasteiger charge is 2.24. The molecule has 1 heterocycles. The molecule has 1 saturated carbocycles. The normalized spacial score (nSPS) is 17.4. The Morgan fingerprint density at radius 3 is 2.25 bits per heavy atom. The molecule has 1 amide bonds. The van der Waals surface area contributed by atoms with Crippen LogP contribution >= 0.6 is 0 Å². The maximum Gasteiger partial charge on any atom is 0.277 e. The lowest BCUT2D eigenvalue weighted by Gasteiger charge is -2.29. The number of hydrogen-bond donors (Lipinski definition) is 2. The van der Waals surface area contributed by atoms with Crippen LogP contribution in [0.3, 0.4) is 0 Å². The molecule has 4 rings (SSSR count). The molecule has 0 aliphatic heterocycles. The molecule has 188 valence electrons. The molecule has 36 heavy (non-hydrogen) atoms. The van der Waals surface area contributed by atoms with Crippen LogP contribution in [0.1, 0.15) is 36.0 Å². The number of aromatic nitrogens is 2. The van der Waals surface area contributed by atoms with Crippen LogP contribution in [0.2, 0.25) is 0 Å². The summed E-state index contributed by atoms with van der Waals surface area (Å²) in [4.78, 5) is 44.5. The molecular formula is C24H27N7O5. The van der Waals surface area contributed by atoms with Gasteiger partial charge in [0.05, 0.1) is 27.0 Å². The van der Waals surface area contributed by atoms with E-state index in [0.717, 1.165) is 60.6 Å². The first-order chi connectivity index (χ1) is 17.2. The van der Waals surface area contributed by atoms with Crippen LogP contribution in [0.5, 0.6) is 0 Å². The summed E-state index contributed by atoms with van der Waals surface area (Å²) in [6.07, 6.45) is 3.47. The van der Waals surface area contributed by atoms with E-state index < -0.39 is 27.1 Å². The van der Waals surface area contributed by atoms with Crippen LogP contribution in [0.15, 0.2) is 42.5 Å². The summed E-state index contributed by atoms with van der Waals surface area (Å²) in [7, 11) is 3.90. The van der Waals surface area contributed by atoms with Gasteiger partial charge in [-0.25, -0.2) is 4.98 Å². The molecule has 2 aromatic carbocycles. The van der Waals surface area contributed by atoms with Gasteiger partial charge in [-0.15, -0.1) is 0 Å². The number of nitrogens with zero attached hydrogens (tertiary/aromatic N) is 5. The first kappa shape index (κ1) is 24.8. The Morgan fingerprint density at radius 1 is 1.00 bits per heavy atom. The second-order valence-corrected chi connectivity index (χ2v) is 9.11. The standard InChI is InChI=1S/C24H27N7O5/c1-29(2)22-20-5-3-4-6-21(20)27-24(28-22)26-17-9-7-15(8-10-17)14-25-23(32)16-11-18(30(33)34)13-19(12-16)31(35)36/h3-6,11-13,15,17H,7-10,14H2,1-2H3,(H,25,32)(H,26,27,28). The molecule has 0 bridgehead atoms. The summed E-state index contributed by atoms with van der Waals surface area (Å²) < 4.78 is 0. The predicted molar refractivity (Wildman–Crippen MR) is 135 cm³/mol. The van der Waals surface area contributed by atoms with E-state index in [9.17, 15) is 25.0 Å². The molecule has 12 heteroatoms. The van der Waals surface area contributed by atoms with E-state index in [2.05, 4.69) is 15.6 Å². The monoisotopic (exact) mass is 493 g/mol. The molecule has 3 aromatic rings. The number of amides is 1. The zero-order chi connectivity index (χ0) is 25.8. The summed E-state index contributed by atoms with van der Waals surface area (Å²) in [6.45, 7) is 0.388. The van der Waals surface area contributed by atoms with E-state index in [0.29, 0.717) is 12.5 Å². The van der Waals surface area contributed by atoms with E-state index in [-0.39, 0.29) is 17.5 Å². The van der Waals surface area contributed by atoms with Crippen LogP contribution in [-0.2, 0) is 0 Å². The highest BCUT2D eigenvalue weighted by atomic mass is 16.6. The summed E-state index contributed by atoms with van der Waals surface area (Å²) in [5.74, 6) is 1.10. The molecule has 1 fully saturated rings. The Bertz CT molecular complexity index is 1270. The molecule has 0 radical (unpaired) electrons. The highest BCUT2D eigenvalue weighted by Crippen LogP contribution is 2.28. The second kappa shape index (κ2) is 10.5. The van der Waals surface area contributed by atoms with Gasteiger partial charge >= 0.3 is 0 Å². The number of rotatable bonds is 8. The number of carbonyl (C=O) groups excluding carboxylic acids is 1. The SMILES string of the molecule is CN(C)c1nc(NC2CCC(CNC(=O)c3cc([N+](=O)[O-])cc([N+](=O)[O-])c3)CC2)nc2ccccc12. The van der Waals surface area contributed by atoms with Gasteiger partial charge in [0, 0.05) is 44.2 Å². The fraction of sp³-hybridized carbons (Fsp3) is 0.375. The van der Waals surface area contributed by atoms with E-state index >= 15 is 0 Å². The molecule has 12 nitrogen and oxygen atoms in total. The first-order valence-corrected chi connectivity index (χ1v) is 11.6. The van der Waals surface area contributed by atoms with E-state index in [1.807, 2.05) is 43.3 Å². The third-order valence-electron chi connectivity index (χ3n) is 6.32. The molecule has 2 N–H and O–H groups in total. The quantitative estimate of drug-likeness (QED) is 0.351. The van der Waals surface area contributed by atoms with Crippen molar-refractivity contribution in [1.29, 1.82) is 0 Å². The maximum absolute atomic E-state index is 12.5. The van der Waals surface area contributed by atoms with Gasteiger partial charge in [0.25, 0.3) is 17.3 Å². The lowest BCUT2D eigenvalue weighted by molar-refractivity contribution is -0.394. The fourth-order valence-electron chi connectivity index (χ4n) is 4.43. The minimum Gasteiger partial charge on any atom is -0.362 e. The van der Waals surface area contributed by atoms with E-state index in [1.165, 1.54) is 0 Å². The van der Waals surface area contributed by atoms with Gasteiger partial charge in [0.15, 0.2) is 0 Å².